The van der Waals surface area contributed by atoms with Gasteiger partial charge in [-0.05, 0) is 31.5 Å². The molecular weight excluding hydrogens is 254 g/mol. The number of halogens is 1. The Bertz CT molecular complexity index is 402. The van der Waals surface area contributed by atoms with Gasteiger partial charge in [0.15, 0.2) is 11.5 Å². The molecule has 1 aromatic rings. The zero-order chi connectivity index (χ0) is 13.8. The monoisotopic (exact) mass is 273 g/mol. The summed E-state index contributed by atoms with van der Waals surface area (Å²) in [5.41, 5.74) is 0.238. The minimum Gasteiger partial charge on any atom is -0.493 e. The van der Waals surface area contributed by atoms with Crippen LogP contribution >= 0.6 is 11.6 Å². The molecule has 1 rings (SSSR count). The van der Waals surface area contributed by atoms with Crippen LogP contribution in [0.2, 0.25) is 5.02 Å². The maximum atomic E-state index is 9.60. The van der Waals surface area contributed by atoms with Crippen LogP contribution in [0.15, 0.2) is 12.1 Å². The van der Waals surface area contributed by atoms with E-state index in [9.17, 15) is 5.11 Å². The lowest BCUT2D eigenvalue weighted by Gasteiger charge is -2.18. The molecule has 0 amide bonds. The van der Waals surface area contributed by atoms with Gasteiger partial charge in [0.25, 0.3) is 0 Å². The molecule has 0 bridgehead atoms. The van der Waals surface area contributed by atoms with E-state index in [4.69, 9.17) is 21.1 Å². The highest BCUT2D eigenvalue weighted by Crippen LogP contribution is 2.35. The van der Waals surface area contributed by atoms with Crippen LogP contribution in [0.25, 0.3) is 0 Å². The molecule has 0 saturated carbocycles. The molecule has 102 valence electrons. The Balaban J connectivity index is 2.76. The van der Waals surface area contributed by atoms with Crippen molar-refractivity contribution in [2.45, 2.75) is 26.0 Å². The normalized spacial score (nSPS) is 11.4. The summed E-state index contributed by atoms with van der Waals surface area (Å²) in [4.78, 5) is 0. The fourth-order valence-corrected chi connectivity index (χ4v) is 1.90. The van der Waals surface area contributed by atoms with Crippen LogP contribution in [0.1, 0.15) is 19.4 Å². The highest BCUT2D eigenvalue weighted by atomic mass is 35.5. The van der Waals surface area contributed by atoms with Gasteiger partial charge in [-0.25, -0.2) is 0 Å². The second-order valence-corrected chi connectivity index (χ2v) is 5.14. The van der Waals surface area contributed by atoms with Gasteiger partial charge in [-0.15, -0.1) is 0 Å². The van der Waals surface area contributed by atoms with Crippen molar-refractivity contribution in [1.82, 2.24) is 5.32 Å². The van der Waals surface area contributed by atoms with Gasteiger partial charge >= 0.3 is 0 Å². The first-order chi connectivity index (χ1) is 8.37. The van der Waals surface area contributed by atoms with Crippen LogP contribution in [0.3, 0.4) is 0 Å². The first-order valence-corrected chi connectivity index (χ1v) is 6.08. The Hall–Kier alpha value is -0.970. The molecular formula is C13H20ClNO3. The quantitative estimate of drug-likeness (QED) is 0.834. The van der Waals surface area contributed by atoms with Gasteiger partial charge in [-0.3, -0.25) is 0 Å². The van der Waals surface area contributed by atoms with E-state index in [2.05, 4.69) is 5.32 Å². The number of rotatable bonds is 6. The Morgan fingerprint density at radius 3 is 2.44 bits per heavy atom. The number of hydrogen-bond acceptors (Lipinski definition) is 4. The van der Waals surface area contributed by atoms with Gasteiger partial charge in [0.2, 0.25) is 0 Å². The molecule has 1 aromatic carbocycles. The van der Waals surface area contributed by atoms with Gasteiger partial charge in [0, 0.05) is 13.1 Å². The van der Waals surface area contributed by atoms with Crippen molar-refractivity contribution in [2.75, 3.05) is 20.8 Å². The summed E-state index contributed by atoms with van der Waals surface area (Å²) >= 11 is 6.10. The van der Waals surface area contributed by atoms with Crippen molar-refractivity contribution in [2.24, 2.45) is 0 Å². The summed E-state index contributed by atoms with van der Waals surface area (Å²) in [7, 11) is 3.12. The van der Waals surface area contributed by atoms with Crippen LogP contribution in [0.4, 0.5) is 0 Å². The number of benzene rings is 1. The predicted molar refractivity (Wildman–Crippen MR) is 72.6 cm³/mol. The van der Waals surface area contributed by atoms with E-state index in [0.29, 0.717) is 29.6 Å². The molecule has 0 atom stereocenters. The summed E-state index contributed by atoms with van der Waals surface area (Å²) in [5, 5.41) is 13.3. The molecule has 0 heterocycles. The first kappa shape index (κ1) is 15.1. The number of nitrogens with one attached hydrogen (secondary N) is 1. The average Bonchev–Trinajstić information content (AvgIpc) is 2.26. The predicted octanol–water partition coefficient (Wildman–Crippen LogP) is 2.22. The van der Waals surface area contributed by atoms with Crippen molar-refractivity contribution < 1.29 is 14.6 Å². The molecule has 0 fully saturated rings. The topological polar surface area (TPSA) is 50.7 Å². The van der Waals surface area contributed by atoms with E-state index in [1.165, 1.54) is 0 Å². The van der Waals surface area contributed by atoms with Gasteiger partial charge in [-0.2, -0.15) is 0 Å². The molecule has 0 aliphatic rings. The Morgan fingerprint density at radius 2 is 1.94 bits per heavy atom. The van der Waals surface area contributed by atoms with E-state index < -0.39 is 5.60 Å². The summed E-state index contributed by atoms with van der Waals surface area (Å²) < 4.78 is 10.4. The van der Waals surface area contributed by atoms with E-state index in [1.807, 2.05) is 12.1 Å². The second-order valence-electron chi connectivity index (χ2n) is 4.73. The third kappa shape index (κ3) is 4.37. The first-order valence-electron chi connectivity index (χ1n) is 5.71. The van der Waals surface area contributed by atoms with Crippen molar-refractivity contribution in [1.29, 1.82) is 0 Å². The summed E-state index contributed by atoms with van der Waals surface area (Å²) in [6.07, 6.45) is 0. The number of aliphatic hydroxyl groups is 1. The molecule has 0 saturated heterocycles. The third-order valence-electron chi connectivity index (χ3n) is 2.38. The highest BCUT2D eigenvalue weighted by molar-refractivity contribution is 6.32. The number of hydrogen-bond donors (Lipinski definition) is 2. The molecule has 5 heteroatoms. The maximum Gasteiger partial charge on any atom is 0.179 e. The fourth-order valence-electron chi connectivity index (χ4n) is 1.59. The summed E-state index contributed by atoms with van der Waals surface area (Å²) in [6, 6.07) is 3.68. The Labute approximate surface area is 113 Å². The molecule has 2 N–H and O–H groups in total. The van der Waals surface area contributed by atoms with Crippen LogP contribution < -0.4 is 14.8 Å². The van der Waals surface area contributed by atoms with Crippen molar-refractivity contribution in [3.8, 4) is 11.5 Å². The van der Waals surface area contributed by atoms with E-state index in [0.717, 1.165) is 5.56 Å². The highest BCUT2D eigenvalue weighted by Gasteiger charge is 2.13. The molecule has 18 heavy (non-hydrogen) atoms. The third-order valence-corrected chi connectivity index (χ3v) is 2.66. The lowest BCUT2D eigenvalue weighted by atomic mass is 10.1. The van der Waals surface area contributed by atoms with E-state index in [1.54, 1.807) is 28.1 Å². The van der Waals surface area contributed by atoms with Gasteiger partial charge in [0.1, 0.15) is 0 Å². The van der Waals surface area contributed by atoms with Crippen molar-refractivity contribution in [3.05, 3.63) is 22.7 Å². The smallest absolute Gasteiger partial charge is 0.179 e. The van der Waals surface area contributed by atoms with Crippen LogP contribution in [-0.2, 0) is 6.54 Å². The zero-order valence-corrected chi connectivity index (χ0v) is 12.0. The lowest BCUT2D eigenvalue weighted by molar-refractivity contribution is 0.0795. The zero-order valence-electron chi connectivity index (χ0n) is 11.2. The molecule has 4 nitrogen and oxygen atoms in total. The van der Waals surface area contributed by atoms with Crippen molar-refractivity contribution >= 4 is 11.6 Å². The fraction of sp³-hybridized carbons (Fsp3) is 0.538. The van der Waals surface area contributed by atoms with Gasteiger partial charge in [0.05, 0.1) is 24.8 Å². The van der Waals surface area contributed by atoms with Crippen LogP contribution in [-0.4, -0.2) is 31.5 Å². The standard InChI is InChI=1S/C13H20ClNO3/c1-13(2,16)8-15-7-9-5-10(14)12(18-4)11(6-9)17-3/h5-6,15-16H,7-8H2,1-4H3. The number of ether oxygens (including phenoxy) is 2. The van der Waals surface area contributed by atoms with Crippen LogP contribution in [0.5, 0.6) is 11.5 Å². The minimum atomic E-state index is -0.736. The molecule has 0 aliphatic carbocycles. The summed E-state index contributed by atoms with van der Waals surface area (Å²) in [6.45, 7) is 4.60. The van der Waals surface area contributed by atoms with Gasteiger partial charge < -0.3 is 19.9 Å². The Kier molecular flexibility index (Phi) is 5.26. The van der Waals surface area contributed by atoms with E-state index in [-0.39, 0.29) is 0 Å². The molecule has 0 radical (unpaired) electrons. The van der Waals surface area contributed by atoms with Crippen molar-refractivity contribution in [3.63, 3.8) is 0 Å². The summed E-state index contributed by atoms with van der Waals surface area (Å²) in [5.74, 6) is 1.13. The SMILES string of the molecule is COc1cc(CNCC(C)(C)O)cc(Cl)c1OC. The number of methoxy groups -OCH3 is 2. The molecule has 0 aromatic heterocycles. The molecule has 0 aliphatic heterocycles. The Morgan fingerprint density at radius 1 is 1.28 bits per heavy atom. The maximum absolute atomic E-state index is 9.60. The van der Waals surface area contributed by atoms with Gasteiger partial charge in [-0.1, -0.05) is 11.6 Å². The van der Waals surface area contributed by atoms with E-state index >= 15 is 0 Å². The second kappa shape index (κ2) is 6.27. The average molecular weight is 274 g/mol. The molecule has 0 unspecified atom stereocenters. The lowest BCUT2D eigenvalue weighted by Crippen LogP contribution is -2.34. The van der Waals surface area contributed by atoms with Crippen LogP contribution in [0, 0.1) is 0 Å². The molecule has 0 spiro atoms. The largest absolute Gasteiger partial charge is 0.493 e. The minimum absolute atomic E-state index is 0.499.